The largest absolute Gasteiger partial charge is 0.352 e. The number of nitrogens with one attached hydrogen (secondary N) is 2. The number of non-ortho nitro benzene ring substituents is 1. The Morgan fingerprint density at radius 2 is 1.95 bits per heavy atom. The third-order valence-corrected chi connectivity index (χ3v) is 2.99. The molecule has 0 aromatic heterocycles. The van der Waals surface area contributed by atoms with Crippen LogP contribution >= 0.6 is 0 Å². The maximum absolute atomic E-state index is 11.7. The summed E-state index contributed by atoms with van der Waals surface area (Å²) in [5.74, 6) is -0.193. The monoisotopic (exact) mass is 263 g/mol. The first-order valence-electron chi connectivity index (χ1n) is 6.43. The number of rotatable bonds is 7. The summed E-state index contributed by atoms with van der Waals surface area (Å²) in [6.45, 7) is 1.51. The van der Waals surface area contributed by atoms with Gasteiger partial charge in [-0.15, -0.1) is 0 Å². The highest BCUT2D eigenvalue weighted by Gasteiger charge is 2.19. The minimum absolute atomic E-state index is 0.00909. The molecule has 1 saturated carbocycles. The molecule has 0 atom stereocenters. The van der Waals surface area contributed by atoms with E-state index in [1.54, 1.807) is 0 Å². The molecule has 19 heavy (non-hydrogen) atoms. The molecule has 1 aliphatic rings. The second kappa shape index (κ2) is 6.29. The Bertz CT molecular complexity index is 455. The molecule has 2 rings (SSSR count). The van der Waals surface area contributed by atoms with Crippen molar-refractivity contribution in [2.24, 2.45) is 0 Å². The number of benzene rings is 1. The molecule has 0 unspecified atom stereocenters. The zero-order chi connectivity index (χ0) is 13.7. The Labute approximate surface area is 111 Å². The van der Waals surface area contributed by atoms with Crippen LogP contribution in [0.4, 0.5) is 5.69 Å². The van der Waals surface area contributed by atoms with Gasteiger partial charge in [0.25, 0.3) is 11.6 Å². The van der Waals surface area contributed by atoms with Crippen molar-refractivity contribution in [3.05, 3.63) is 39.9 Å². The van der Waals surface area contributed by atoms with E-state index in [9.17, 15) is 14.9 Å². The predicted octanol–water partition coefficient (Wildman–Crippen LogP) is 1.47. The smallest absolute Gasteiger partial charge is 0.269 e. The highest BCUT2D eigenvalue weighted by Crippen LogP contribution is 2.18. The van der Waals surface area contributed by atoms with Crippen LogP contribution < -0.4 is 10.6 Å². The summed E-state index contributed by atoms with van der Waals surface area (Å²) in [4.78, 5) is 21.7. The molecule has 1 aromatic carbocycles. The van der Waals surface area contributed by atoms with E-state index in [0.29, 0.717) is 18.2 Å². The molecule has 1 aromatic rings. The van der Waals surface area contributed by atoms with Gasteiger partial charge in [0.2, 0.25) is 0 Å². The molecule has 1 fully saturated rings. The molecule has 2 N–H and O–H groups in total. The third-order valence-electron chi connectivity index (χ3n) is 2.99. The highest BCUT2D eigenvalue weighted by molar-refractivity contribution is 5.94. The molecule has 0 spiro atoms. The van der Waals surface area contributed by atoms with Crippen LogP contribution in [0.2, 0.25) is 0 Å². The van der Waals surface area contributed by atoms with Gasteiger partial charge in [0.05, 0.1) is 4.92 Å². The normalized spacial score (nSPS) is 14.1. The van der Waals surface area contributed by atoms with Crippen molar-refractivity contribution in [1.82, 2.24) is 10.6 Å². The topological polar surface area (TPSA) is 84.3 Å². The molecule has 0 radical (unpaired) electrons. The Balaban J connectivity index is 1.70. The average Bonchev–Trinajstić information content (AvgIpc) is 3.22. The summed E-state index contributed by atoms with van der Waals surface area (Å²) in [6.07, 6.45) is 3.40. The summed E-state index contributed by atoms with van der Waals surface area (Å²) in [7, 11) is 0. The summed E-state index contributed by atoms with van der Waals surface area (Å²) in [6, 6.07) is 6.30. The zero-order valence-corrected chi connectivity index (χ0v) is 10.6. The maximum Gasteiger partial charge on any atom is 0.269 e. The van der Waals surface area contributed by atoms with Crippen molar-refractivity contribution in [1.29, 1.82) is 0 Å². The molecular formula is C13H17N3O3. The molecule has 1 amide bonds. The molecule has 0 heterocycles. The van der Waals surface area contributed by atoms with E-state index in [1.807, 2.05) is 0 Å². The number of nitro groups is 1. The van der Waals surface area contributed by atoms with E-state index < -0.39 is 4.92 Å². The number of amides is 1. The maximum atomic E-state index is 11.7. The van der Waals surface area contributed by atoms with E-state index in [2.05, 4.69) is 10.6 Å². The number of hydrogen-bond donors (Lipinski definition) is 2. The lowest BCUT2D eigenvalue weighted by Crippen LogP contribution is -2.27. The Morgan fingerprint density at radius 1 is 1.26 bits per heavy atom. The summed E-state index contributed by atoms with van der Waals surface area (Å²) < 4.78 is 0. The van der Waals surface area contributed by atoms with Gasteiger partial charge in [0.15, 0.2) is 0 Å². The predicted molar refractivity (Wildman–Crippen MR) is 71.1 cm³/mol. The molecule has 1 aliphatic carbocycles. The van der Waals surface area contributed by atoms with E-state index in [-0.39, 0.29) is 11.6 Å². The summed E-state index contributed by atoms with van der Waals surface area (Å²) >= 11 is 0. The van der Waals surface area contributed by atoms with Crippen molar-refractivity contribution >= 4 is 11.6 Å². The van der Waals surface area contributed by atoms with Crippen LogP contribution in [0.3, 0.4) is 0 Å². The van der Waals surface area contributed by atoms with Gasteiger partial charge in [0, 0.05) is 30.3 Å². The summed E-state index contributed by atoms with van der Waals surface area (Å²) in [5.41, 5.74) is 0.436. The fourth-order valence-corrected chi connectivity index (χ4v) is 1.72. The van der Waals surface area contributed by atoms with E-state index in [1.165, 1.54) is 37.1 Å². The summed E-state index contributed by atoms with van der Waals surface area (Å²) in [5, 5.41) is 16.6. The van der Waals surface area contributed by atoms with E-state index in [4.69, 9.17) is 0 Å². The van der Waals surface area contributed by atoms with E-state index >= 15 is 0 Å². The van der Waals surface area contributed by atoms with Gasteiger partial charge in [-0.1, -0.05) is 0 Å². The van der Waals surface area contributed by atoms with Crippen molar-refractivity contribution in [3.8, 4) is 0 Å². The molecule has 0 saturated heterocycles. The minimum atomic E-state index is -0.481. The van der Waals surface area contributed by atoms with Crippen LogP contribution in [-0.4, -0.2) is 30.0 Å². The number of nitrogens with zero attached hydrogens (tertiary/aromatic N) is 1. The number of carbonyl (C=O) groups is 1. The van der Waals surface area contributed by atoms with Crippen LogP contribution in [0.25, 0.3) is 0 Å². The van der Waals surface area contributed by atoms with Gasteiger partial charge >= 0.3 is 0 Å². The number of nitro benzene ring substituents is 1. The van der Waals surface area contributed by atoms with Gasteiger partial charge < -0.3 is 10.6 Å². The highest BCUT2D eigenvalue weighted by atomic mass is 16.6. The van der Waals surface area contributed by atoms with Crippen LogP contribution in [0.1, 0.15) is 29.6 Å². The Hall–Kier alpha value is -1.95. The molecule has 0 bridgehead atoms. The van der Waals surface area contributed by atoms with Gasteiger partial charge in [-0.05, 0) is 37.9 Å². The zero-order valence-electron chi connectivity index (χ0n) is 10.6. The van der Waals surface area contributed by atoms with E-state index in [0.717, 1.165) is 13.0 Å². The van der Waals surface area contributed by atoms with Crippen molar-refractivity contribution in [2.45, 2.75) is 25.3 Å². The van der Waals surface area contributed by atoms with Gasteiger partial charge in [0.1, 0.15) is 0 Å². The Morgan fingerprint density at radius 3 is 2.53 bits per heavy atom. The lowest BCUT2D eigenvalue weighted by Gasteiger charge is -2.05. The number of hydrogen-bond acceptors (Lipinski definition) is 4. The van der Waals surface area contributed by atoms with Gasteiger partial charge in [-0.3, -0.25) is 14.9 Å². The number of carbonyl (C=O) groups excluding carboxylic acids is 1. The first-order valence-corrected chi connectivity index (χ1v) is 6.43. The van der Waals surface area contributed by atoms with Crippen molar-refractivity contribution < 1.29 is 9.72 Å². The van der Waals surface area contributed by atoms with Crippen LogP contribution in [0.5, 0.6) is 0 Å². The standard InChI is InChI=1S/C13H17N3O3/c17-13(15-9-1-8-14-11-4-5-11)10-2-6-12(7-3-10)16(18)19/h2-3,6-7,11,14H,1,4-5,8-9H2,(H,15,17). The fraction of sp³-hybridized carbons (Fsp3) is 0.462. The van der Waals surface area contributed by atoms with Crippen LogP contribution in [0, 0.1) is 10.1 Å². The van der Waals surface area contributed by atoms with Crippen LogP contribution in [0.15, 0.2) is 24.3 Å². The molecular weight excluding hydrogens is 246 g/mol. The third kappa shape index (κ3) is 4.33. The average molecular weight is 263 g/mol. The van der Waals surface area contributed by atoms with Gasteiger partial charge in [-0.2, -0.15) is 0 Å². The fourth-order valence-electron chi connectivity index (χ4n) is 1.72. The minimum Gasteiger partial charge on any atom is -0.352 e. The SMILES string of the molecule is O=C(NCCCNC1CC1)c1ccc([N+](=O)[O-])cc1. The quantitative estimate of drug-likeness (QED) is 0.443. The first-order chi connectivity index (χ1) is 9.16. The second-order valence-electron chi connectivity index (χ2n) is 4.64. The first kappa shape index (κ1) is 13.5. The lowest BCUT2D eigenvalue weighted by atomic mass is 10.2. The molecule has 0 aliphatic heterocycles. The van der Waals surface area contributed by atoms with Crippen LogP contribution in [-0.2, 0) is 0 Å². The van der Waals surface area contributed by atoms with Gasteiger partial charge in [-0.25, -0.2) is 0 Å². The molecule has 6 heteroatoms. The Kier molecular flexibility index (Phi) is 4.46. The molecule has 102 valence electrons. The van der Waals surface area contributed by atoms with Crippen molar-refractivity contribution in [3.63, 3.8) is 0 Å². The van der Waals surface area contributed by atoms with Crippen molar-refractivity contribution in [2.75, 3.05) is 13.1 Å². The lowest BCUT2D eigenvalue weighted by molar-refractivity contribution is -0.384. The second-order valence-corrected chi connectivity index (χ2v) is 4.64. The molecule has 6 nitrogen and oxygen atoms in total.